The largest absolute Gasteiger partial charge is 0.453 e. The standard InChI is InChI=1S/C20H32F3NO3S/c1-2-3-4-5-6-7-8-9-11-16(27-19(25)24-14-10-15-28)17-12-13-18(26-17)20(21,22)23/h12-13,16,28H,2-11,14-15H2,1H3,(H,24,25). The Kier molecular flexibility index (Phi) is 12.2. The molecular formula is C20H32F3NO3S. The molecule has 8 heteroatoms. The number of carbonyl (C=O) groups is 1. The molecule has 1 heterocycles. The van der Waals surface area contributed by atoms with Gasteiger partial charge in [-0.2, -0.15) is 25.8 Å². The maximum Gasteiger partial charge on any atom is 0.449 e. The van der Waals surface area contributed by atoms with Crippen LogP contribution in [0.2, 0.25) is 0 Å². The number of rotatable bonds is 14. The molecule has 0 radical (unpaired) electrons. The summed E-state index contributed by atoms with van der Waals surface area (Å²) in [6.07, 6.45) is 3.88. The van der Waals surface area contributed by atoms with Gasteiger partial charge in [-0.1, -0.05) is 51.9 Å². The zero-order chi connectivity index (χ0) is 20.8. The predicted octanol–water partition coefficient (Wildman–Crippen LogP) is 6.92. The quantitative estimate of drug-likeness (QED) is 0.252. The molecule has 0 aliphatic carbocycles. The van der Waals surface area contributed by atoms with Gasteiger partial charge in [0.25, 0.3) is 0 Å². The molecule has 28 heavy (non-hydrogen) atoms. The topological polar surface area (TPSA) is 51.5 Å². The summed E-state index contributed by atoms with van der Waals surface area (Å²) >= 11 is 4.06. The highest BCUT2D eigenvalue weighted by Crippen LogP contribution is 2.34. The summed E-state index contributed by atoms with van der Waals surface area (Å²) in [7, 11) is 0. The molecule has 1 atom stereocenters. The Balaban J connectivity index is 2.53. The van der Waals surface area contributed by atoms with E-state index in [4.69, 9.17) is 9.15 Å². The number of amides is 1. The summed E-state index contributed by atoms with van der Waals surface area (Å²) in [6.45, 7) is 2.58. The molecule has 162 valence electrons. The van der Waals surface area contributed by atoms with Crippen molar-refractivity contribution < 1.29 is 27.1 Å². The minimum atomic E-state index is -4.56. The van der Waals surface area contributed by atoms with E-state index < -0.39 is 24.1 Å². The normalized spacial score (nSPS) is 12.8. The van der Waals surface area contributed by atoms with Crippen molar-refractivity contribution in [2.45, 2.75) is 83.4 Å². The number of carbonyl (C=O) groups excluding carboxylic acids is 1. The summed E-state index contributed by atoms with van der Waals surface area (Å²) < 4.78 is 48.6. The summed E-state index contributed by atoms with van der Waals surface area (Å²) in [5.41, 5.74) is 0. The molecule has 0 bridgehead atoms. The highest BCUT2D eigenvalue weighted by atomic mass is 32.1. The van der Waals surface area contributed by atoms with Crippen LogP contribution < -0.4 is 5.32 Å². The molecular weight excluding hydrogens is 391 g/mol. The number of hydrogen-bond donors (Lipinski definition) is 2. The number of thiol groups is 1. The fourth-order valence-corrected chi connectivity index (χ4v) is 3.00. The molecule has 4 nitrogen and oxygen atoms in total. The zero-order valence-corrected chi connectivity index (χ0v) is 17.4. The molecule has 1 aromatic heterocycles. The monoisotopic (exact) mass is 423 g/mol. The lowest BCUT2D eigenvalue weighted by molar-refractivity contribution is -0.154. The third kappa shape index (κ3) is 10.3. The van der Waals surface area contributed by atoms with Gasteiger partial charge in [0.1, 0.15) is 5.76 Å². The second-order valence-electron chi connectivity index (χ2n) is 6.86. The van der Waals surface area contributed by atoms with Gasteiger partial charge in [0.2, 0.25) is 5.76 Å². The van der Waals surface area contributed by atoms with Crippen LogP contribution >= 0.6 is 12.6 Å². The lowest BCUT2D eigenvalue weighted by Gasteiger charge is -2.16. The van der Waals surface area contributed by atoms with Gasteiger partial charge in [-0.25, -0.2) is 4.79 Å². The number of furan rings is 1. The van der Waals surface area contributed by atoms with Crippen LogP contribution in [0, 0.1) is 0 Å². The molecule has 1 amide bonds. The van der Waals surface area contributed by atoms with Crippen LogP contribution in [0.15, 0.2) is 16.5 Å². The first-order chi connectivity index (χ1) is 13.4. The minimum Gasteiger partial charge on any atom is -0.453 e. The minimum absolute atomic E-state index is 0.0274. The Bertz CT molecular complexity index is 549. The van der Waals surface area contributed by atoms with E-state index in [1.807, 2.05) is 0 Å². The van der Waals surface area contributed by atoms with Gasteiger partial charge in [0.15, 0.2) is 6.10 Å². The van der Waals surface area contributed by atoms with E-state index in [0.717, 1.165) is 31.7 Å². The molecule has 1 rings (SSSR count). The summed E-state index contributed by atoms with van der Waals surface area (Å²) in [5.74, 6) is -0.433. The molecule has 0 saturated carbocycles. The fourth-order valence-electron chi connectivity index (χ4n) is 2.84. The Morgan fingerprint density at radius 1 is 1.11 bits per heavy atom. The smallest absolute Gasteiger partial charge is 0.449 e. The third-order valence-corrected chi connectivity index (χ3v) is 4.71. The Hall–Kier alpha value is -1.31. The summed E-state index contributed by atoms with van der Waals surface area (Å²) in [4.78, 5) is 11.9. The van der Waals surface area contributed by atoms with Crippen LogP contribution in [0.3, 0.4) is 0 Å². The van der Waals surface area contributed by atoms with Crippen LogP contribution in [0.25, 0.3) is 0 Å². The third-order valence-electron chi connectivity index (χ3n) is 4.40. The average Bonchev–Trinajstić information content (AvgIpc) is 3.13. The molecule has 1 N–H and O–H groups in total. The highest BCUT2D eigenvalue weighted by molar-refractivity contribution is 7.80. The molecule has 1 unspecified atom stereocenters. The van der Waals surface area contributed by atoms with Gasteiger partial charge < -0.3 is 14.5 Å². The van der Waals surface area contributed by atoms with E-state index in [1.54, 1.807) is 0 Å². The van der Waals surface area contributed by atoms with Crippen LogP contribution in [-0.2, 0) is 10.9 Å². The first kappa shape index (κ1) is 24.7. The lowest BCUT2D eigenvalue weighted by Crippen LogP contribution is -2.27. The van der Waals surface area contributed by atoms with Crippen molar-refractivity contribution >= 4 is 18.7 Å². The predicted molar refractivity (Wildman–Crippen MR) is 107 cm³/mol. The van der Waals surface area contributed by atoms with Gasteiger partial charge in [-0.05, 0) is 37.1 Å². The number of halogens is 3. The Labute approximate surface area is 171 Å². The molecule has 0 fully saturated rings. The van der Waals surface area contributed by atoms with Gasteiger partial charge in [0.05, 0.1) is 0 Å². The highest BCUT2D eigenvalue weighted by Gasteiger charge is 2.36. The van der Waals surface area contributed by atoms with E-state index >= 15 is 0 Å². The molecule has 0 saturated heterocycles. The van der Waals surface area contributed by atoms with Crippen LogP contribution in [0.1, 0.15) is 88.8 Å². The second-order valence-corrected chi connectivity index (χ2v) is 7.31. The van der Waals surface area contributed by atoms with Crippen molar-refractivity contribution in [1.29, 1.82) is 0 Å². The van der Waals surface area contributed by atoms with Crippen LogP contribution in [0.4, 0.5) is 18.0 Å². The van der Waals surface area contributed by atoms with Crippen molar-refractivity contribution in [3.05, 3.63) is 23.7 Å². The van der Waals surface area contributed by atoms with Gasteiger partial charge in [-0.3, -0.25) is 0 Å². The first-order valence-corrected chi connectivity index (χ1v) is 10.7. The number of ether oxygens (including phenoxy) is 1. The first-order valence-electron chi connectivity index (χ1n) is 10.1. The van der Waals surface area contributed by atoms with Crippen molar-refractivity contribution in [3.8, 4) is 0 Å². The van der Waals surface area contributed by atoms with E-state index in [-0.39, 0.29) is 5.76 Å². The number of alkyl carbamates (subject to hydrolysis) is 1. The van der Waals surface area contributed by atoms with Crippen LogP contribution in [-0.4, -0.2) is 18.4 Å². The lowest BCUT2D eigenvalue weighted by atomic mass is 10.0. The van der Waals surface area contributed by atoms with E-state index in [0.29, 0.717) is 25.1 Å². The van der Waals surface area contributed by atoms with Crippen molar-refractivity contribution in [3.63, 3.8) is 0 Å². The van der Waals surface area contributed by atoms with Gasteiger partial charge in [0, 0.05) is 6.54 Å². The number of unbranched alkanes of at least 4 members (excludes halogenated alkanes) is 7. The second kappa shape index (κ2) is 13.8. The van der Waals surface area contributed by atoms with E-state index in [9.17, 15) is 18.0 Å². The molecule has 0 aliphatic heterocycles. The maximum absolute atomic E-state index is 12.8. The van der Waals surface area contributed by atoms with Crippen LogP contribution in [0.5, 0.6) is 0 Å². The number of alkyl halides is 3. The van der Waals surface area contributed by atoms with Crippen molar-refractivity contribution in [1.82, 2.24) is 5.32 Å². The Morgan fingerprint density at radius 2 is 1.75 bits per heavy atom. The number of nitrogens with one attached hydrogen (secondary N) is 1. The zero-order valence-electron chi connectivity index (χ0n) is 16.5. The summed E-state index contributed by atoms with van der Waals surface area (Å²) in [6, 6.07) is 2.11. The molecule has 1 aromatic rings. The van der Waals surface area contributed by atoms with E-state index in [1.165, 1.54) is 31.7 Å². The Morgan fingerprint density at radius 3 is 2.32 bits per heavy atom. The van der Waals surface area contributed by atoms with Crippen molar-refractivity contribution in [2.75, 3.05) is 12.3 Å². The molecule has 0 spiro atoms. The van der Waals surface area contributed by atoms with E-state index in [2.05, 4.69) is 24.9 Å². The summed E-state index contributed by atoms with van der Waals surface area (Å²) in [5, 5.41) is 2.58. The number of hydrogen-bond acceptors (Lipinski definition) is 4. The average molecular weight is 424 g/mol. The molecule has 0 aromatic carbocycles. The molecule has 0 aliphatic rings. The van der Waals surface area contributed by atoms with Gasteiger partial charge >= 0.3 is 12.3 Å². The van der Waals surface area contributed by atoms with Gasteiger partial charge in [-0.15, -0.1) is 0 Å². The maximum atomic E-state index is 12.8. The fraction of sp³-hybridized carbons (Fsp3) is 0.750. The van der Waals surface area contributed by atoms with Crippen molar-refractivity contribution in [2.24, 2.45) is 0 Å². The SMILES string of the molecule is CCCCCCCCCCC(OC(=O)NCCCS)c1ccc(C(F)(F)F)o1.